The molecule has 0 aliphatic heterocycles. The summed E-state index contributed by atoms with van der Waals surface area (Å²) in [5.74, 6) is -13.6. The number of hydrogen-bond donors (Lipinski definition) is 1. The molecule has 0 aromatic carbocycles. The highest BCUT2D eigenvalue weighted by atomic mass is 32.2. The summed E-state index contributed by atoms with van der Waals surface area (Å²) in [6.07, 6.45) is -6.86. The molecule has 0 amide bonds. The molecule has 0 rings (SSSR count). The van der Waals surface area contributed by atoms with Gasteiger partial charge >= 0.3 is 23.2 Å². The Kier molecular flexibility index (Phi) is 4.05. The van der Waals surface area contributed by atoms with Gasteiger partial charge in [-0.25, -0.2) is 0 Å². The summed E-state index contributed by atoms with van der Waals surface area (Å²) in [7, 11) is 0. The Morgan fingerprint density at radius 3 is 1.38 bits per heavy atom. The Morgan fingerprint density at radius 2 is 1.19 bits per heavy atom. The van der Waals surface area contributed by atoms with E-state index in [0.29, 0.717) is 0 Å². The largest absolute Gasteiger partial charge is 0.460 e. The van der Waals surface area contributed by atoms with Crippen molar-refractivity contribution in [3.63, 3.8) is 0 Å². The number of rotatable bonds is 4. The third-order valence-electron chi connectivity index (χ3n) is 1.34. The molecule has 2 nitrogen and oxygen atoms in total. The van der Waals surface area contributed by atoms with E-state index in [4.69, 9.17) is 4.55 Å². The van der Waals surface area contributed by atoms with E-state index in [0.717, 1.165) is 0 Å². The maximum Gasteiger partial charge on any atom is 0.460 e. The summed E-state index contributed by atoms with van der Waals surface area (Å²) in [4.78, 5) is 1.65. The van der Waals surface area contributed by atoms with Crippen LogP contribution in [0.25, 0.3) is 0 Å². The van der Waals surface area contributed by atoms with Crippen molar-refractivity contribution in [3.8, 4) is 0 Å². The fourth-order valence-electron chi connectivity index (χ4n) is 0.485. The second-order valence-corrected chi connectivity index (χ2v) is 3.06. The van der Waals surface area contributed by atoms with E-state index in [-0.39, 0.29) is 0 Å². The van der Waals surface area contributed by atoms with Crippen molar-refractivity contribution in [2.24, 2.45) is 0 Å². The molecule has 16 heavy (non-hydrogen) atoms. The molecule has 0 aliphatic carbocycles. The lowest BCUT2D eigenvalue weighted by molar-refractivity contribution is -0.419. The lowest BCUT2D eigenvalue weighted by Gasteiger charge is -2.33. The highest BCUT2D eigenvalue weighted by molar-refractivity contribution is 7.94. The molecule has 0 saturated carbocycles. The summed E-state index contributed by atoms with van der Waals surface area (Å²) in [6, 6.07) is 0. The van der Waals surface area contributed by atoms with Crippen LogP contribution >= 0.6 is 12.0 Å². The topological polar surface area (TPSA) is 29.5 Å². The molecular formula is C4HF9O2S. The molecule has 0 fully saturated rings. The van der Waals surface area contributed by atoms with Crippen LogP contribution in [0, 0.1) is 0 Å². The Bertz CT molecular complexity index is 246. The zero-order valence-corrected chi connectivity index (χ0v) is 7.48. The molecular weight excluding hydrogens is 283 g/mol. The Morgan fingerprint density at radius 1 is 0.812 bits per heavy atom. The SMILES string of the molecule is OSC(F)(OF)C(F)(F)C(F)(F)C(F)(F)F. The Balaban J connectivity index is 5.51. The summed E-state index contributed by atoms with van der Waals surface area (Å²) in [5, 5.41) is -5.58. The molecule has 98 valence electrons. The van der Waals surface area contributed by atoms with Gasteiger partial charge in [-0.05, 0) is 4.53 Å². The fraction of sp³-hybridized carbons (Fsp3) is 1.00. The van der Waals surface area contributed by atoms with Gasteiger partial charge in [0.1, 0.15) is 0 Å². The lowest BCUT2D eigenvalue weighted by atomic mass is 10.1. The first-order valence-corrected chi connectivity index (χ1v) is 3.78. The molecule has 0 aromatic rings. The predicted molar refractivity (Wildman–Crippen MR) is 32.2 cm³/mol. The third-order valence-corrected chi connectivity index (χ3v) is 1.90. The summed E-state index contributed by atoms with van der Waals surface area (Å²) < 4.78 is 115. The van der Waals surface area contributed by atoms with Gasteiger partial charge in [0.2, 0.25) is 0 Å². The van der Waals surface area contributed by atoms with Gasteiger partial charge in [0, 0.05) is 0 Å². The van der Waals surface area contributed by atoms with E-state index in [2.05, 4.69) is 0 Å². The van der Waals surface area contributed by atoms with Gasteiger partial charge in [0.25, 0.3) is 0 Å². The van der Waals surface area contributed by atoms with E-state index in [1.807, 2.05) is 0 Å². The molecule has 1 N–H and O–H groups in total. The highest BCUT2D eigenvalue weighted by Crippen LogP contribution is 2.55. The second kappa shape index (κ2) is 4.14. The van der Waals surface area contributed by atoms with E-state index >= 15 is 0 Å². The molecule has 0 spiro atoms. The normalized spacial score (nSPS) is 18.4. The minimum atomic E-state index is -6.93. The van der Waals surface area contributed by atoms with Crippen LogP contribution in [0.3, 0.4) is 0 Å². The van der Waals surface area contributed by atoms with Crippen molar-refractivity contribution in [2.45, 2.75) is 23.2 Å². The fourth-order valence-corrected chi connectivity index (χ4v) is 0.756. The summed E-state index contributed by atoms with van der Waals surface area (Å²) in [6.45, 7) is 0. The van der Waals surface area contributed by atoms with E-state index < -0.39 is 35.3 Å². The zero-order chi connectivity index (χ0) is 13.4. The standard InChI is InChI=1S/C4HF9O2S/c5-1(6,3(9,10)11)2(7,8)4(12,15-13)16-14/h14H. The number of halogens is 9. The van der Waals surface area contributed by atoms with Crippen LogP contribution in [0.4, 0.5) is 39.6 Å². The van der Waals surface area contributed by atoms with E-state index in [1.54, 1.807) is 4.94 Å². The molecule has 0 radical (unpaired) electrons. The van der Waals surface area contributed by atoms with Crippen LogP contribution < -0.4 is 0 Å². The van der Waals surface area contributed by atoms with Crippen molar-refractivity contribution >= 4 is 12.0 Å². The van der Waals surface area contributed by atoms with Gasteiger partial charge in [0.15, 0.2) is 0 Å². The molecule has 1 unspecified atom stereocenters. The van der Waals surface area contributed by atoms with Crippen LogP contribution in [0.15, 0.2) is 0 Å². The van der Waals surface area contributed by atoms with E-state index in [9.17, 15) is 39.6 Å². The number of alkyl halides is 8. The van der Waals surface area contributed by atoms with Crippen molar-refractivity contribution in [1.82, 2.24) is 0 Å². The van der Waals surface area contributed by atoms with Crippen LogP contribution in [-0.4, -0.2) is 27.8 Å². The van der Waals surface area contributed by atoms with Gasteiger partial charge in [-0.2, -0.15) is 35.1 Å². The predicted octanol–water partition coefficient (Wildman–Crippen LogP) is 3.55. The molecule has 1 atom stereocenters. The average molecular weight is 284 g/mol. The van der Waals surface area contributed by atoms with Crippen LogP contribution in [-0.2, 0) is 4.94 Å². The first-order chi connectivity index (χ1) is 6.87. The number of hydrogen-bond acceptors (Lipinski definition) is 3. The smallest absolute Gasteiger partial charge is 0.325 e. The van der Waals surface area contributed by atoms with Crippen molar-refractivity contribution < 1.29 is 49.1 Å². The molecule has 0 heterocycles. The molecule has 0 aromatic heterocycles. The minimum absolute atomic E-state index is 1.65. The van der Waals surface area contributed by atoms with Crippen LogP contribution in [0.1, 0.15) is 0 Å². The Labute approximate surface area is 85.5 Å². The highest BCUT2D eigenvalue weighted by Gasteiger charge is 2.83. The molecule has 12 heteroatoms. The molecule has 0 bridgehead atoms. The maximum atomic E-state index is 12.4. The average Bonchev–Trinajstić information content (AvgIpc) is 2.14. The first-order valence-electron chi connectivity index (χ1n) is 3.01. The third kappa shape index (κ3) is 2.05. The summed E-state index contributed by atoms with van der Waals surface area (Å²) >= 11 is -1.97. The van der Waals surface area contributed by atoms with Crippen molar-refractivity contribution in [2.75, 3.05) is 0 Å². The lowest BCUT2D eigenvalue weighted by Crippen LogP contribution is -2.61. The van der Waals surface area contributed by atoms with Crippen molar-refractivity contribution in [3.05, 3.63) is 0 Å². The van der Waals surface area contributed by atoms with Gasteiger partial charge < -0.3 is 4.55 Å². The molecule has 0 aliphatic rings. The summed E-state index contributed by atoms with van der Waals surface area (Å²) in [5.41, 5.74) is 0. The minimum Gasteiger partial charge on any atom is -0.325 e. The first kappa shape index (κ1) is 15.6. The zero-order valence-electron chi connectivity index (χ0n) is 6.67. The quantitative estimate of drug-likeness (QED) is 0.486. The van der Waals surface area contributed by atoms with E-state index in [1.165, 1.54) is 0 Å². The van der Waals surface area contributed by atoms with Gasteiger partial charge in [0.05, 0.1) is 12.0 Å². The second-order valence-electron chi connectivity index (χ2n) is 2.35. The Hall–Kier alpha value is -0.360. The van der Waals surface area contributed by atoms with Gasteiger partial charge in [-0.3, -0.25) is 0 Å². The van der Waals surface area contributed by atoms with Crippen LogP contribution in [0.2, 0.25) is 0 Å². The van der Waals surface area contributed by atoms with Gasteiger partial charge in [-0.15, -0.1) is 4.94 Å². The maximum absolute atomic E-state index is 12.4. The van der Waals surface area contributed by atoms with Crippen LogP contribution in [0.5, 0.6) is 0 Å². The van der Waals surface area contributed by atoms with Gasteiger partial charge in [-0.1, -0.05) is 0 Å². The van der Waals surface area contributed by atoms with Crippen molar-refractivity contribution in [1.29, 1.82) is 0 Å². The molecule has 0 saturated heterocycles. The monoisotopic (exact) mass is 284 g/mol.